The van der Waals surface area contributed by atoms with Gasteiger partial charge in [0.2, 0.25) is 10.0 Å². The fraction of sp³-hybridized carbons (Fsp3) is 0.278. The summed E-state index contributed by atoms with van der Waals surface area (Å²) >= 11 is 0. The Bertz CT molecular complexity index is 958. The van der Waals surface area contributed by atoms with E-state index in [0.29, 0.717) is 11.6 Å². The number of nitrogens with one attached hydrogen (secondary N) is 1. The van der Waals surface area contributed by atoms with Gasteiger partial charge in [0.25, 0.3) is 0 Å². The number of hydrogen-bond acceptors (Lipinski definition) is 3. The van der Waals surface area contributed by atoms with Gasteiger partial charge in [0.1, 0.15) is 5.65 Å². The second kappa shape index (κ2) is 6.37. The molecule has 0 amide bonds. The third-order valence-corrected chi connectivity index (χ3v) is 5.45. The van der Waals surface area contributed by atoms with Gasteiger partial charge in [0, 0.05) is 12.4 Å². The highest BCUT2D eigenvalue weighted by Crippen LogP contribution is 2.17. The summed E-state index contributed by atoms with van der Waals surface area (Å²) < 4.78 is 29.4. The fourth-order valence-electron chi connectivity index (χ4n) is 2.57. The van der Waals surface area contributed by atoms with E-state index in [1.165, 1.54) is 0 Å². The predicted molar refractivity (Wildman–Crippen MR) is 94.5 cm³/mol. The van der Waals surface area contributed by atoms with Crippen LogP contribution in [-0.4, -0.2) is 17.8 Å². The van der Waals surface area contributed by atoms with Crippen LogP contribution in [0.1, 0.15) is 36.6 Å². The minimum atomic E-state index is -3.55. The number of rotatable bonds is 5. The molecule has 6 heteroatoms. The first-order chi connectivity index (χ1) is 11.4. The van der Waals surface area contributed by atoms with E-state index in [2.05, 4.69) is 23.6 Å². The summed E-state index contributed by atoms with van der Waals surface area (Å²) in [5, 5.41) is 0. The van der Waals surface area contributed by atoms with Crippen LogP contribution in [0.5, 0.6) is 0 Å². The van der Waals surface area contributed by atoms with Crippen LogP contribution >= 0.6 is 0 Å². The van der Waals surface area contributed by atoms with E-state index in [0.717, 1.165) is 16.8 Å². The van der Waals surface area contributed by atoms with Gasteiger partial charge in [-0.1, -0.05) is 32.0 Å². The molecule has 0 spiro atoms. The molecular weight excluding hydrogens is 322 g/mol. The molecule has 0 fully saturated rings. The molecule has 0 aliphatic heterocycles. The molecule has 1 aromatic carbocycles. The van der Waals surface area contributed by atoms with Crippen molar-refractivity contribution >= 4 is 15.7 Å². The molecule has 126 valence electrons. The fourth-order valence-corrected chi connectivity index (χ4v) is 3.57. The first kappa shape index (κ1) is 16.7. The highest BCUT2D eigenvalue weighted by molar-refractivity contribution is 7.89. The minimum absolute atomic E-state index is 0.162. The number of fused-ring (bicyclic) bond motifs is 1. The largest absolute Gasteiger partial charge is 0.307 e. The number of nitrogens with zero attached hydrogens (tertiary/aromatic N) is 2. The Labute approximate surface area is 142 Å². The van der Waals surface area contributed by atoms with Gasteiger partial charge >= 0.3 is 0 Å². The van der Waals surface area contributed by atoms with Crippen LogP contribution in [-0.2, 0) is 16.6 Å². The minimum Gasteiger partial charge on any atom is -0.307 e. The van der Waals surface area contributed by atoms with E-state index in [1.54, 1.807) is 12.1 Å². The summed E-state index contributed by atoms with van der Waals surface area (Å²) in [4.78, 5) is 4.75. The number of hydrogen-bond donors (Lipinski definition) is 1. The zero-order valence-electron chi connectivity index (χ0n) is 14.0. The molecule has 0 bridgehead atoms. The molecule has 0 radical (unpaired) electrons. The zero-order valence-corrected chi connectivity index (χ0v) is 14.8. The van der Waals surface area contributed by atoms with Crippen molar-refractivity contribution < 1.29 is 8.42 Å². The molecule has 0 unspecified atom stereocenters. The monoisotopic (exact) mass is 343 g/mol. The lowest BCUT2D eigenvalue weighted by molar-refractivity contribution is 0.580. The molecule has 2 aromatic heterocycles. The molecule has 3 aromatic rings. The van der Waals surface area contributed by atoms with E-state index in [9.17, 15) is 8.42 Å². The summed E-state index contributed by atoms with van der Waals surface area (Å²) in [7, 11) is -3.55. The Balaban J connectivity index is 1.77. The predicted octanol–water partition coefficient (Wildman–Crippen LogP) is 3.24. The SMILES string of the molecule is Cc1cccn2cc(CNS(=O)(=O)c3ccc(C(C)C)cc3)nc12. The van der Waals surface area contributed by atoms with E-state index in [4.69, 9.17) is 0 Å². The maximum Gasteiger partial charge on any atom is 0.240 e. The molecule has 0 aliphatic rings. The van der Waals surface area contributed by atoms with Crippen LogP contribution in [0.4, 0.5) is 0 Å². The lowest BCUT2D eigenvalue weighted by atomic mass is 10.0. The number of aromatic nitrogens is 2. The molecule has 0 saturated heterocycles. The number of sulfonamides is 1. The molecule has 24 heavy (non-hydrogen) atoms. The van der Waals surface area contributed by atoms with Crippen molar-refractivity contribution in [2.45, 2.75) is 38.1 Å². The molecule has 0 aliphatic carbocycles. The Kier molecular flexibility index (Phi) is 4.43. The van der Waals surface area contributed by atoms with Crippen molar-refractivity contribution in [3.8, 4) is 0 Å². The van der Waals surface area contributed by atoms with Crippen LogP contribution in [0.2, 0.25) is 0 Å². The van der Waals surface area contributed by atoms with Crippen LogP contribution in [0, 0.1) is 6.92 Å². The summed E-state index contributed by atoms with van der Waals surface area (Å²) in [6.45, 7) is 6.29. The van der Waals surface area contributed by atoms with Gasteiger partial charge in [0.15, 0.2) is 0 Å². The van der Waals surface area contributed by atoms with Crippen LogP contribution in [0.3, 0.4) is 0 Å². The summed E-state index contributed by atoms with van der Waals surface area (Å²) in [6.07, 6.45) is 3.74. The van der Waals surface area contributed by atoms with Crippen molar-refractivity contribution in [1.82, 2.24) is 14.1 Å². The Morgan fingerprint density at radius 2 is 1.88 bits per heavy atom. The summed E-state index contributed by atoms with van der Waals surface area (Å²) in [5.74, 6) is 0.371. The molecule has 0 saturated carbocycles. The van der Waals surface area contributed by atoms with Crippen LogP contribution < -0.4 is 4.72 Å². The maximum absolute atomic E-state index is 12.4. The Morgan fingerprint density at radius 1 is 1.17 bits per heavy atom. The molecular formula is C18H21N3O2S. The van der Waals surface area contributed by atoms with Crippen LogP contribution in [0.25, 0.3) is 5.65 Å². The Hall–Kier alpha value is -2.18. The van der Waals surface area contributed by atoms with Gasteiger partial charge in [-0.05, 0) is 42.2 Å². The smallest absolute Gasteiger partial charge is 0.240 e. The molecule has 3 rings (SSSR count). The third-order valence-electron chi connectivity index (χ3n) is 4.03. The standard InChI is InChI=1S/C18H21N3O2S/c1-13(2)15-6-8-17(9-7-15)24(22,23)19-11-16-12-21-10-4-5-14(3)18(21)20-16/h4-10,12-13,19H,11H2,1-3H3. The first-order valence-electron chi connectivity index (χ1n) is 7.89. The summed E-state index contributed by atoms with van der Waals surface area (Å²) in [6, 6.07) is 10.9. The molecule has 5 nitrogen and oxygen atoms in total. The third kappa shape index (κ3) is 3.34. The lowest BCUT2D eigenvalue weighted by Gasteiger charge is -2.08. The quantitative estimate of drug-likeness (QED) is 0.773. The van der Waals surface area contributed by atoms with E-state index in [1.807, 2.05) is 48.0 Å². The van der Waals surface area contributed by atoms with E-state index < -0.39 is 10.0 Å². The highest BCUT2D eigenvalue weighted by Gasteiger charge is 2.15. The van der Waals surface area contributed by atoms with Gasteiger partial charge < -0.3 is 4.40 Å². The lowest BCUT2D eigenvalue weighted by Crippen LogP contribution is -2.23. The Morgan fingerprint density at radius 3 is 2.50 bits per heavy atom. The first-order valence-corrected chi connectivity index (χ1v) is 9.38. The zero-order chi connectivity index (χ0) is 17.3. The van der Waals surface area contributed by atoms with Gasteiger partial charge in [0.05, 0.1) is 17.1 Å². The average Bonchev–Trinajstić information content (AvgIpc) is 2.98. The van der Waals surface area contributed by atoms with Crippen molar-refractivity contribution in [3.63, 3.8) is 0 Å². The van der Waals surface area contributed by atoms with Crippen molar-refractivity contribution in [3.05, 3.63) is 65.6 Å². The van der Waals surface area contributed by atoms with E-state index >= 15 is 0 Å². The maximum atomic E-state index is 12.4. The molecule has 0 atom stereocenters. The number of benzene rings is 1. The van der Waals surface area contributed by atoms with Crippen molar-refractivity contribution in [2.24, 2.45) is 0 Å². The topological polar surface area (TPSA) is 63.5 Å². The van der Waals surface area contributed by atoms with Gasteiger partial charge in [-0.25, -0.2) is 18.1 Å². The number of imidazole rings is 1. The van der Waals surface area contributed by atoms with E-state index in [-0.39, 0.29) is 11.4 Å². The average molecular weight is 343 g/mol. The number of pyridine rings is 1. The molecule has 2 heterocycles. The highest BCUT2D eigenvalue weighted by atomic mass is 32.2. The van der Waals surface area contributed by atoms with Gasteiger partial charge in [-0.15, -0.1) is 0 Å². The second-order valence-electron chi connectivity index (χ2n) is 6.20. The van der Waals surface area contributed by atoms with Gasteiger partial charge in [-0.3, -0.25) is 0 Å². The van der Waals surface area contributed by atoms with Crippen molar-refractivity contribution in [1.29, 1.82) is 0 Å². The van der Waals surface area contributed by atoms with Crippen molar-refractivity contribution in [2.75, 3.05) is 0 Å². The second-order valence-corrected chi connectivity index (χ2v) is 7.97. The summed E-state index contributed by atoms with van der Waals surface area (Å²) in [5.41, 5.74) is 3.69. The van der Waals surface area contributed by atoms with Crippen LogP contribution in [0.15, 0.2) is 53.7 Å². The van der Waals surface area contributed by atoms with Gasteiger partial charge in [-0.2, -0.15) is 0 Å². The normalized spacial score (nSPS) is 12.2. The number of aryl methyl sites for hydroxylation is 1. The molecule has 1 N–H and O–H groups in total.